The first-order valence-corrected chi connectivity index (χ1v) is 11.1. The molecule has 0 aromatic heterocycles. The minimum absolute atomic E-state index is 0.648. The van der Waals surface area contributed by atoms with Crippen molar-refractivity contribution in [3.05, 3.63) is 0 Å². The van der Waals surface area contributed by atoms with Crippen molar-refractivity contribution in [3.63, 3.8) is 0 Å². The molecule has 2 unspecified atom stereocenters. The fourth-order valence-electron chi connectivity index (χ4n) is 3.56. The summed E-state index contributed by atoms with van der Waals surface area (Å²) >= 11 is 0. The molecule has 1 saturated heterocycles. The Bertz CT molecular complexity index is 350. The first-order chi connectivity index (χ1) is 12.2. The van der Waals surface area contributed by atoms with Gasteiger partial charge in [0.25, 0.3) is 0 Å². The number of hydrogen-bond donors (Lipinski definition) is 0. The molecule has 0 spiro atoms. The summed E-state index contributed by atoms with van der Waals surface area (Å²) in [5, 5.41) is 0. The van der Waals surface area contributed by atoms with E-state index in [1.165, 1.54) is 65.1 Å². The fraction of sp³-hybridized carbons (Fsp3) is 1.00. The Morgan fingerprint density at radius 1 is 0.731 bits per heavy atom. The van der Waals surface area contributed by atoms with Crippen LogP contribution in [0.1, 0.15) is 60.8 Å². The van der Waals surface area contributed by atoms with Crippen LogP contribution < -0.4 is 0 Å². The highest BCUT2D eigenvalue weighted by Crippen LogP contribution is 2.13. The quantitative estimate of drug-likeness (QED) is 0.523. The molecule has 0 N–H and O–H groups in total. The normalized spacial score (nSPS) is 19.8. The molecular weight excluding hydrogens is 320 g/mol. The summed E-state index contributed by atoms with van der Waals surface area (Å²) in [6, 6.07) is 2.02. The predicted molar refractivity (Wildman–Crippen MR) is 116 cm³/mol. The highest BCUT2D eigenvalue weighted by molar-refractivity contribution is 4.75. The average Bonchev–Trinajstić information content (AvgIpc) is 2.62. The maximum absolute atomic E-state index is 2.67. The van der Waals surface area contributed by atoms with Gasteiger partial charge >= 0.3 is 0 Å². The van der Waals surface area contributed by atoms with Gasteiger partial charge in [0.15, 0.2) is 0 Å². The number of rotatable bonds is 12. The molecule has 156 valence electrons. The molecule has 0 bridgehead atoms. The van der Waals surface area contributed by atoms with Crippen LogP contribution in [-0.2, 0) is 0 Å². The Hall–Kier alpha value is -0.160. The first-order valence-electron chi connectivity index (χ1n) is 11.1. The van der Waals surface area contributed by atoms with E-state index < -0.39 is 0 Å². The van der Waals surface area contributed by atoms with Gasteiger partial charge in [-0.2, -0.15) is 0 Å². The maximum atomic E-state index is 2.67. The summed E-state index contributed by atoms with van der Waals surface area (Å²) in [7, 11) is 4.54. The summed E-state index contributed by atoms with van der Waals surface area (Å²) in [6.45, 7) is 22.7. The van der Waals surface area contributed by atoms with Crippen LogP contribution in [0.5, 0.6) is 0 Å². The lowest BCUT2D eigenvalue weighted by Crippen LogP contribution is -2.49. The van der Waals surface area contributed by atoms with Crippen LogP contribution in [0.4, 0.5) is 0 Å². The van der Waals surface area contributed by atoms with E-state index in [0.717, 1.165) is 5.92 Å². The lowest BCUT2D eigenvalue weighted by atomic mass is 10.0. The molecule has 1 aliphatic rings. The van der Waals surface area contributed by atoms with E-state index >= 15 is 0 Å². The van der Waals surface area contributed by atoms with Gasteiger partial charge in [-0.05, 0) is 93.5 Å². The molecule has 1 fully saturated rings. The molecule has 0 aliphatic carbocycles. The van der Waals surface area contributed by atoms with Gasteiger partial charge in [0.1, 0.15) is 0 Å². The Morgan fingerprint density at radius 2 is 1.31 bits per heavy atom. The molecule has 1 heterocycles. The summed E-state index contributed by atoms with van der Waals surface area (Å²) < 4.78 is 0. The maximum Gasteiger partial charge on any atom is 0.0113 e. The van der Waals surface area contributed by atoms with E-state index in [0.29, 0.717) is 18.1 Å². The van der Waals surface area contributed by atoms with Crippen LogP contribution in [0, 0.1) is 5.92 Å². The Balaban J connectivity index is 2.14. The topological polar surface area (TPSA) is 13.0 Å². The van der Waals surface area contributed by atoms with Crippen LogP contribution in [0.3, 0.4) is 0 Å². The van der Waals surface area contributed by atoms with Gasteiger partial charge in [-0.3, -0.25) is 4.90 Å². The molecule has 26 heavy (non-hydrogen) atoms. The minimum Gasteiger partial charge on any atom is -0.304 e. The van der Waals surface area contributed by atoms with E-state index in [2.05, 4.69) is 75.2 Å². The summed E-state index contributed by atoms with van der Waals surface area (Å²) in [6.07, 6.45) is 3.94. The lowest BCUT2D eigenvalue weighted by molar-refractivity contribution is 0.103. The monoisotopic (exact) mass is 368 g/mol. The van der Waals surface area contributed by atoms with E-state index in [9.17, 15) is 0 Å². The molecule has 0 saturated carbocycles. The molecule has 0 aromatic rings. The van der Waals surface area contributed by atoms with E-state index in [1.807, 2.05) is 0 Å². The van der Waals surface area contributed by atoms with Gasteiger partial charge in [0.05, 0.1) is 0 Å². The van der Waals surface area contributed by atoms with Crippen molar-refractivity contribution in [3.8, 4) is 0 Å². The summed E-state index contributed by atoms with van der Waals surface area (Å²) in [4.78, 5) is 10.3. The smallest absolute Gasteiger partial charge is 0.0113 e. The van der Waals surface area contributed by atoms with Gasteiger partial charge in [0, 0.05) is 44.3 Å². The SMILES string of the molecule is CC(CCN1CCN(C(C)C)CC1)CCN(C)C(C)CCN(C)C(C)C. The van der Waals surface area contributed by atoms with Crippen LogP contribution in [0.15, 0.2) is 0 Å². The highest BCUT2D eigenvalue weighted by Gasteiger charge is 2.19. The third kappa shape index (κ3) is 9.16. The van der Waals surface area contributed by atoms with Gasteiger partial charge in [-0.25, -0.2) is 0 Å². The van der Waals surface area contributed by atoms with Crippen molar-refractivity contribution in [2.75, 3.05) is 59.9 Å². The molecule has 4 nitrogen and oxygen atoms in total. The number of piperazine rings is 1. The predicted octanol–water partition coefficient (Wildman–Crippen LogP) is 3.48. The molecule has 1 rings (SSSR count). The van der Waals surface area contributed by atoms with Gasteiger partial charge in [0.2, 0.25) is 0 Å². The van der Waals surface area contributed by atoms with Crippen LogP contribution >= 0.6 is 0 Å². The molecule has 0 aromatic carbocycles. The lowest BCUT2D eigenvalue weighted by Gasteiger charge is -2.37. The molecule has 0 radical (unpaired) electrons. The number of hydrogen-bond acceptors (Lipinski definition) is 4. The van der Waals surface area contributed by atoms with Gasteiger partial charge in [-0.1, -0.05) is 6.92 Å². The van der Waals surface area contributed by atoms with Crippen molar-refractivity contribution >= 4 is 0 Å². The zero-order valence-electron chi connectivity index (χ0n) is 19.2. The van der Waals surface area contributed by atoms with Crippen molar-refractivity contribution < 1.29 is 0 Å². The second-order valence-corrected chi connectivity index (χ2v) is 9.35. The molecule has 1 aliphatic heterocycles. The van der Waals surface area contributed by atoms with Gasteiger partial charge in [-0.15, -0.1) is 0 Å². The minimum atomic E-state index is 0.648. The second kappa shape index (κ2) is 12.3. The second-order valence-electron chi connectivity index (χ2n) is 9.35. The summed E-state index contributed by atoms with van der Waals surface area (Å²) in [5.74, 6) is 0.825. The largest absolute Gasteiger partial charge is 0.304 e. The Kier molecular flexibility index (Phi) is 11.3. The average molecular weight is 369 g/mol. The number of nitrogens with zero attached hydrogens (tertiary/aromatic N) is 4. The van der Waals surface area contributed by atoms with E-state index in [-0.39, 0.29) is 0 Å². The Morgan fingerprint density at radius 3 is 1.85 bits per heavy atom. The third-order valence-corrected chi connectivity index (χ3v) is 6.58. The highest BCUT2D eigenvalue weighted by atomic mass is 15.3. The zero-order valence-corrected chi connectivity index (χ0v) is 19.2. The first kappa shape index (κ1) is 23.9. The van der Waals surface area contributed by atoms with Gasteiger partial charge < -0.3 is 14.7 Å². The van der Waals surface area contributed by atoms with Crippen LogP contribution in [0.2, 0.25) is 0 Å². The van der Waals surface area contributed by atoms with Crippen LogP contribution in [-0.4, -0.2) is 97.6 Å². The standard InChI is InChI=1S/C22H48N4/c1-19(2)23(7)13-11-22(6)24(8)12-9-21(5)10-14-25-15-17-26(18-16-25)20(3)4/h19-22H,9-18H2,1-8H3. The molecule has 2 atom stereocenters. The fourth-order valence-corrected chi connectivity index (χ4v) is 3.56. The summed E-state index contributed by atoms with van der Waals surface area (Å²) in [5.41, 5.74) is 0. The zero-order chi connectivity index (χ0) is 19.7. The van der Waals surface area contributed by atoms with E-state index in [1.54, 1.807) is 0 Å². The Labute approximate surface area is 164 Å². The van der Waals surface area contributed by atoms with Crippen molar-refractivity contribution in [1.82, 2.24) is 19.6 Å². The van der Waals surface area contributed by atoms with E-state index in [4.69, 9.17) is 0 Å². The van der Waals surface area contributed by atoms with Crippen LogP contribution in [0.25, 0.3) is 0 Å². The third-order valence-electron chi connectivity index (χ3n) is 6.58. The molecular formula is C22H48N4. The molecule has 0 amide bonds. The van der Waals surface area contributed by atoms with Crippen molar-refractivity contribution in [2.24, 2.45) is 5.92 Å². The van der Waals surface area contributed by atoms with Crippen molar-refractivity contribution in [2.45, 2.75) is 78.9 Å². The van der Waals surface area contributed by atoms with Crippen molar-refractivity contribution in [1.29, 1.82) is 0 Å². The molecule has 4 heteroatoms.